The molecule has 0 aliphatic heterocycles. The van der Waals surface area contributed by atoms with Gasteiger partial charge in [0.1, 0.15) is 19.5 Å². The van der Waals surface area contributed by atoms with Gasteiger partial charge in [0.2, 0.25) is 0 Å². The van der Waals surface area contributed by atoms with Crippen LogP contribution in [-0.2, 0) is 21.1 Å². The molecule has 0 fully saturated rings. The summed E-state index contributed by atoms with van der Waals surface area (Å²) < 4.78 is 13.0. The Bertz CT molecular complexity index is 861. The molecule has 1 N–H and O–H groups in total. The number of nitrogens with one attached hydrogen (secondary N) is 1. The normalized spacial score (nSPS) is 11.9. The van der Waals surface area contributed by atoms with Crippen LogP contribution in [0.4, 0.5) is 4.39 Å². The summed E-state index contributed by atoms with van der Waals surface area (Å²) in [4.78, 5) is 22.5. The maximum atomic E-state index is 13.0. The molecule has 0 saturated heterocycles. The van der Waals surface area contributed by atoms with Crippen LogP contribution in [0.15, 0.2) is 52.8 Å². The van der Waals surface area contributed by atoms with Crippen molar-refractivity contribution < 1.29 is 18.9 Å². The van der Waals surface area contributed by atoms with E-state index in [-0.39, 0.29) is 24.0 Å². The highest BCUT2D eigenvalue weighted by molar-refractivity contribution is 6.45. The topological polar surface area (TPSA) is 72.3 Å². The summed E-state index contributed by atoms with van der Waals surface area (Å²) in [7, 11) is 2.90. The first-order chi connectivity index (χ1) is 13.0. The zero-order valence-corrected chi connectivity index (χ0v) is 15.7. The highest BCUT2D eigenvalue weighted by atomic mass is 19.1. The minimum Gasteiger partial charge on any atom is -0.398 e. The number of aryl methyl sites for hydroxylation is 1. The van der Waals surface area contributed by atoms with Crippen LogP contribution in [0.1, 0.15) is 29.2 Å². The second-order valence-electron chi connectivity index (χ2n) is 5.76. The van der Waals surface area contributed by atoms with E-state index < -0.39 is 0 Å². The summed E-state index contributed by atoms with van der Waals surface area (Å²) >= 11 is 0. The Balaban J connectivity index is 2.26. The van der Waals surface area contributed by atoms with Crippen molar-refractivity contribution in [1.29, 1.82) is 0 Å². The molecular formula is C20H22FN3O3. The number of amides is 1. The molecule has 0 aliphatic carbocycles. The van der Waals surface area contributed by atoms with Crippen molar-refractivity contribution in [3.63, 3.8) is 0 Å². The number of nitrogens with zero attached hydrogens (tertiary/aromatic N) is 2. The van der Waals surface area contributed by atoms with Crippen molar-refractivity contribution in [1.82, 2.24) is 5.32 Å². The molecule has 0 aromatic heterocycles. The standard InChI is InChI=1S/C20H22FN3O3/c1-13-6-5-7-17(19(24-26-4)20(25)22-3)18(13)12-27-23-14(2)15-8-10-16(21)11-9-15/h5-11H,12H2,1-4H3,(H,22,25)/b23-14+,24-19+. The van der Waals surface area contributed by atoms with E-state index in [0.29, 0.717) is 11.3 Å². The molecule has 0 bridgehead atoms. The van der Waals surface area contributed by atoms with Crippen LogP contribution in [-0.4, -0.2) is 31.5 Å². The highest BCUT2D eigenvalue weighted by Crippen LogP contribution is 2.18. The SMILES string of the molecule is CNC(=O)/C(=N/OC)c1cccc(C)c1CO/N=C(\C)c1ccc(F)cc1. The van der Waals surface area contributed by atoms with E-state index in [2.05, 4.69) is 15.6 Å². The number of halogens is 1. The summed E-state index contributed by atoms with van der Waals surface area (Å²) in [6.07, 6.45) is 0. The first kappa shape index (κ1) is 20.1. The number of oxime groups is 2. The molecule has 0 unspecified atom stereocenters. The third kappa shape index (κ3) is 5.13. The van der Waals surface area contributed by atoms with Crippen molar-refractivity contribution in [2.75, 3.05) is 14.2 Å². The van der Waals surface area contributed by atoms with Gasteiger partial charge in [0.25, 0.3) is 5.91 Å². The van der Waals surface area contributed by atoms with E-state index >= 15 is 0 Å². The third-order valence-corrected chi connectivity index (χ3v) is 3.96. The second-order valence-corrected chi connectivity index (χ2v) is 5.76. The first-order valence-corrected chi connectivity index (χ1v) is 8.32. The molecule has 0 atom stereocenters. The molecule has 0 radical (unpaired) electrons. The third-order valence-electron chi connectivity index (χ3n) is 3.96. The Labute approximate surface area is 157 Å². The van der Waals surface area contributed by atoms with Crippen molar-refractivity contribution in [3.8, 4) is 0 Å². The van der Waals surface area contributed by atoms with Crippen LogP contribution >= 0.6 is 0 Å². The lowest BCUT2D eigenvalue weighted by atomic mass is 9.98. The van der Waals surface area contributed by atoms with E-state index in [9.17, 15) is 9.18 Å². The highest BCUT2D eigenvalue weighted by Gasteiger charge is 2.19. The maximum absolute atomic E-state index is 13.0. The predicted molar refractivity (Wildman–Crippen MR) is 102 cm³/mol. The van der Waals surface area contributed by atoms with Gasteiger partial charge in [-0.3, -0.25) is 4.79 Å². The van der Waals surface area contributed by atoms with E-state index in [1.807, 2.05) is 19.1 Å². The van der Waals surface area contributed by atoms with Crippen LogP contribution in [0, 0.1) is 12.7 Å². The number of benzene rings is 2. The zero-order chi connectivity index (χ0) is 19.8. The number of hydrogen-bond donors (Lipinski definition) is 1. The van der Waals surface area contributed by atoms with E-state index in [0.717, 1.165) is 16.7 Å². The van der Waals surface area contributed by atoms with Crippen LogP contribution in [0.2, 0.25) is 0 Å². The smallest absolute Gasteiger partial charge is 0.273 e. The van der Waals surface area contributed by atoms with Gasteiger partial charge in [-0.1, -0.05) is 40.6 Å². The fourth-order valence-corrected chi connectivity index (χ4v) is 2.48. The fourth-order valence-electron chi connectivity index (χ4n) is 2.48. The number of hydrogen-bond acceptors (Lipinski definition) is 5. The lowest BCUT2D eigenvalue weighted by Gasteiger charge is -2.13. The van der Waals surface area contributed by atoms with Crippen molar-refractivity contribution >= 4 is 17.3 Å². The van der Waals surface area contributed by atoms with Gasteiger partial charge >= 0.3 is 0 Å². The van der Waals surface area contributed by atoms with Gasteiger partial charge < -0.3 is 15.0 Å². The molecule has 2 aromatic rings. The second kappa shape index (κ2) is 9.47. The average molecular weight is 371 g/mol. The Morgan fingerprint density at radius 2 is 1.85 bits per heavy atom. The minimum absolute atomic E-state index is 0.139. The average Bonchev–Trinajstić information content (AvgIpc) is 2.67. The van der Waals surface area contributed by atoms with Gasteiger partial charge in [-0.25, -0.2) is 4.39 Å². The molecule has 0 saturated carbocycles. The van der Waals surface area contributed by atoms with Crippen molar-refractivity contribution in [3.05, 3.63) is 70.5 Å². The van der Waals surface area contributed by atoms with Crippen LogP contribution in [0.3, 0.4) is 0 Å². The monoisotopic (exact) mass is 371 g/mol. The molecule has 142 valence electrons. The fraction of sp³-hybridized carbons (Fsp3) is 0.250. The Morgan fingerprint density at radius 1 is 1.15 bits per heavy atom. The van der Waals surface area contributed by atoms with E-state index in [4.69, 9.17) is 9.68 Å². The molecule has 6 nitrogen and oxygen atoms in total. The molecule has 27 heavy (non-hydrogen) atoms. The molecule has 7 heteroatoms. The molecule has 0 aliphatic rings. The summed E-state index contributed by atoms with van der Waals surface area (Å²) in [5, 5.41) is 10.5. The van der Waals surface area contributed by atoms with E-state index in [1.165, 1.54) is 26.3 Å². The lowest BCUT2D eigenvalue weighted by Crippen LogP contribution is -2.29. The molecular weight excluding hydrogens is 349 g/mol. The van der Waals surface area contributed by atoms with Crippen LogP contribution < -0.4 is 5.32 Å². The molecule has 2 aromatic carbocycles. The van der Waals surface area contributed by atoms with Gasteiger partial charge in [-0.15, -0.1) is 0 Å². The number of carbonyl (C=O) groups excluding carboxylic acids is 1. The molecule has 2 rings (SSSR count). The quantitative estimate of drug-likeness (QED) is 0.600. The minimum atomic E-state index is -0.366. The van der Waals surface area contributed by atoms with E-state index in [1.54, 1.807) is 25.1 Å². The first-order valence-electron chi connectivity index (χ1n) is 8.32. The van der Waals surface area contributed by atoms with Gasteiger partial charge in [-0.05, 0) is 37.1 Å². The summed E-state index contributed by atoms with van der Waals surface area (Å²) in [5.41, 5.74) is 3.82. The molecule has 1 amide bonds. The number of rotatable bonds is 7. The van der Waals surface area contributed by atoms with Crippen molar-refractivity contribution in [2.45, 2.75) is 20.5 Å². The summed E-state index contributed by atoms with van der Waals surface area (Å²) in [6.45, 7) is 3.82. The predicted octanol–water partition coefficient (Wildman–Crippen LogP) is 3.17. The zero-order valence-electron chi connectivity index (χ0n) is 15.7. The van der Waals surface area contributed by atoms with Crippen LogP contribution in [0.25, 0.3) is 0 Å². The lowest BCUT2D eigenvalue weighted by molar-refractivity contribution is -0.114. The van der Waals surface area contributed by atoms with Crippen LogP contribution in [0.5, 0.6) is 0 Å². The molecule has 0 heterocycles. The van der Waals surface area contributed by atoms with Gasteiger partial charge in [0.05, 0.1) is 5.71 Å². The summed E-state index contributed by atoms with van der Waals surface area (Å²) in [5.74, 6) is -0.675. The Morgan fingerprint density at radius 3 is 2.48 bits per heavy atom. The Kier molecular flexibility index (Phi) is 7.05. The Hall–Kier alpha value is -3.22. The van der Waals surface area contributed by atoms with Gasteiger partial charge in [0, 0.05) is 18.2 Å². The molecule has 0 spiro atoms. The largest absolute Gasteiger partial charge is 0.398 e. The van der Waals surface area contributed by atoms with Gasteiger partial charge in [0.15, 0.2) is 5.71 Å². The summed E-state index contributed by atoms with van der Waals surface area (Å²) in [6, 6.07) is 11.5. The van der Waals surface area contributed by atoms with Gasteiger partial charge in [-0.2, -0.15) is 0 Å². The number of carbonyl (C=O) groups is 1. The maximum Gasteiger partial charge on any atom is 0.273 e. The van der Waals surface area contributed by atoms with Crippen molar-refractivity contribution in [2.24, 2.45) is 10.3 Å². The number of likely N-dealkylation sites (N-methyl/N-ethyl adjacent to an activating group) is 1.